The van der Waals surface area contributed by atoms with Gasteiger partial charge >= 0.3 is 6.03 Å². The molecule has 1 aromatic heterocycles. The van der Waals surface area contributed by atoms with E-state index in [0.29, 0.717) is 41.7 Å². The largest absolute Gasteiger partial charge is 0.490 e. The molecule has 2 aliphatic rings. The quantitative estimate of drug-likeness (QED) is 0.552. The third-order valence-electron chi connectivity index (χ3n) is 6.63. The molecule has 0 bridgehead atoms. The molecule has 0 spiro atoms. The van der Waals surface area contributed by atoms with Gasteiger partial charge in [-0.15, -0.1) is 0 Å². The Balaban J connectivity index is 1.36. The van der Waals surface area contributed by atoms with E-state index in [1.54, 1.807) is 23.1 Å². The summed E-state index contributed by atoms with van der Waals surface area (Å²) in [5, 5.41) is 26.8. The third-order valence-corrected chi connectivity index (χ3v) is 6.63. The van der Waals surface area contributed by atoms with Gasteiger partial charge in [-0.25, -0.2) is 4.79 Å². The Kier molecular flexibility index (Phi) is 6.61. The van der Waals surface area contributed by atoms with Gasteiger partial charge in [0.1, 0.15) is 11.8 Å². The maximum Gasteiger partial charge on any atom is 0.317 e. The van der Waals surface area contributed by atoms with Crippen molar-refractivity contribution in [2.75, 3.05) is 13.1 Å². The van der Waals surface area contributed by atoms with E-state index in [2.05, 4.69) is 21.5 Å². The van der Waals surface area contributed by atoms with Gasteiger partial charge in [-0.05, 0) is 68.9 Å². The Morgan fingerprint density at radius 2 is 2.17 bits per heavy atom. The SMILES string of the molecule is CC(C)Oc1ccc(-c2nc(-c3cccc4c3CCC4NC(=O)N3CCCC(O)C3)no2)cc1C#N. The van der Waals surface area contributed by atoms with Crippen LogP contribution in [0.15, 0.2) is 40.9 Å². The van der Waals surface area contributed by atoms with Crippen molar-refractivity contribution in [3.05, 3.63) is 53.1 Å². The van der Waals surface area contributed by atoms with Crippen molar-refractivity contribution in [2.24, 2.45) is 0 Å². The Morgan fingerprint density at radius 3 is 2.94 bits per heavy atom. The predicted molar refractivity (Wildman–Crippen MR) is 132 cm³/mol. The first-order valence-corrected chi connectivity index (χ1v) is 12.3. The van der Waals surface area contributed by atoms with Crippen LogP contribution in [-0.4, -0.2) is 51.5 Å². The summed E-state index contributed by atoms with van der Waals surface area (Å²) in [4.78, 5) is 19.1. The molecule has 2 N–H and O–H groups in total. The number of piperidine rings is 1. The van der Waals surface area contributed by atoms with Crippen LogP contribution in [0.4, 0.5) is 4.79 Å². The molecule has 1 saturated heterocycles. The normalized spacial score (nSPS) is 19.1. The van der Waals surface area contributed by atoms with Gasteiger partial charge in [0.15, 0.2) is 0 Å². The standard InChI is InChI=1S/C27H29N5O4/c1-16(2)35-24-11-8-17(13-18(24)14-28)26-30-25(31-36-26)22-7-3-6-21-20(22)9-10-23(21)29-27(34)32-12-4-5-19(33)15-32/h3,6-8,11,13,16,19,23,33H,4-5,9-10,12,15H2,1-2H3,(H,29,34). The van der Waals surface area contributed by atoms with Gasteiger partial charge in [-0.3, -0.25) is 0 Å². The molecule has 1 aliphatic carbocycles. The number of likely N-dealkylation sites (tertiary alicyclic amines) is 1. The van der Waals surface area contributed by atoms with Crippen molar-refractivity contribution in [2.45, 2.75) is 57.8 Å². The maximum absolute atomic E-state index is 12.8. The van der Waals surface area contributed by atoms with Crippen LogP contribution in [0.1, 0.15) is 55.8 Å². The zero-order valence-corrected chi connectivity index (χ0v) is 20.4. The average Bonchev–Trinajstić information content (AvgIpc) is 3.52. The summed E-state index contributed by atoms with van der Waals surface area (Å²) in [6.07, 6.45) is 2.61. The first-order valence-electron chi connectivity index (χ1n) is 12.3. The number of aliphatic hydroxyl groups is 1. The summed E-state index contributed by atoms with van der Waals surface area (Å²) in [5.74, 6) is 1.31. The number of β-amino-alcohol motifs (C(OH)–C–C–N with tert-alkyl or cyclic N) is 1. The number of fused-ring (bicyclic) bond motifs is 1. The fourth-order valence-corrected chi connectivity index (χ4v) is 4.95. The summed E-state index contributed by atoms with van der Waals surface area (Å²) in [6, 6.07) is 13.1. The van der Waals surface area contributed by atoms with E-state index in [4.69, 9.17) is 9.26 Å². The van der Waals surface area contributed by atoms with Crippen molar-refractivity contribution in [3.8, 4) is 34.7 Å². The predicted octanol–water partition coefficient (Wildman–Crippen LogP) is 4.22. The molecular formula is C27H29N5O4. The minimum Gasteiger partial charge on any atom is -0.490 e. The smallest absolute Gasteiger partial charge is 0.317 e. The van der Waals surface area contributed by atoms with Crippen LogP contribution in [0.25, 0.3) is 22.8 Å². The topological polar surface area (TPSA) is 125 Å². The summed E-state index contributed by atoms with van der Waals surface area (Å²) in [7, 11) is 0. The minimum atomic E-state index is -0.456. The zero-order valence-electron chi connectivity index (χ0n) is 20.4. The molecule has 9 nitrogen and oxygen atoms in total. The molecule has 3 aromatic rings. The van der Waals surface area contributed by atoms with E-state index in [1.807, 2.05) is 32.0 Å². The fourth-order valence-electron chi connectivity index (χ4n) is 4.95. The summed E-state index contributed by atoms with van der Waals surface area (Å²) >= 11 is 0. The molecular weight excluding hydrogens is 458 g/mol. The van der Waals surface area contributed by atoms with Gasteiger partial charge < -0.3 is 24.6 Å². The Morgan fingerprint density at radius 1 is 1.31 bits per heavy atom. The van der Waals surface area contributed by atoms with E-state index in [1.165, 1.54) is 0 Å². The number of benzene rings is 2. The number of aromatic nitrogens is 2. The van der Waals surface area contributed by atoms with Crippen molar-refractivity contribution in [3.63, 3.8) is 0 Å². The minimum absolute atomic E-state index is 0.0433. The molecule has 2 unspecified atom stereocenters. The molecule has 0 saturated carbocycles. The zero-order chi connectivity index (χ0) is 25.2. The van der Waals surface area contributed by atoms with Crippen LogP contribution in [0.3, 0.4) is 0 Å². The number of carbonyl (C=O) groups is 1. The van der Waals surface area contributed by atoms with Crippen LogP contribution in [0.2, 0.25) is 0 Å². The lowest BCUT2D eigenvalue weighted by atomic mass is 10.0. The van der Waals surface area contributed by atoms with Crippen LogP contribution >= 0.6 is 0 Å². The number of aliphatic hydroxyl groups excluding tert-OH is 1. The molecule has 186 valence electrons. The van der Waals surface area contributed by atoms with Gasteiger partial charge in [0.2, 0.25) is 5.82 Å². The van der Waals surface area contributed by atoms with Crippen molar-refractivity contribution < 1.29 is 19.2 Å². The molecule has 1 aliphatic heterocycles. The van der Waals surface area contributed by atoms with E-state index in [9.17, 15) is 15.2 Å². The highest BCUT2D eigenvalue weighted by atomic mass is 16.5. The van der Waals surface area contributed by atoms with Crippen molar-refractivity contribution in [1.29, 1.82) is 5.26 Å². The van der Waals surface area contributed by atoms with Gasteiger partial charge in [0.25, 0.3) is 5.89 Å². The number of hydrogen-bond donors (Lipinski definition) is 2. The highest BCUT2D eigenvalue weighted by molar-refractivity contribution is 5.76. The Bertz CT molecular complexity index is 1310. The third kappa shape index (κ3) is 4.77. The lowest BCUT2D eigenvalue weighted by molar-refractivity contribution is 0.0833. The monoisotopic (exact) mass is 487 g/mol. The molecule has 2 aromatic carbocycles. The highest BCUT2D eigenvalue weighted by Gasteiger charge is 2.30. The molecule has 9 heteroatoms. The second kappa shape index (κ2) is 9.99. The Labute approximate surface area is 209 Å². The van der Waals surface area contributed by atoms with Crippen molar-refractivity contribution in [1.82, 2.24) is 20.4 Å². The summed E-state index contributed by atoms with van der Waals surface area (Å²) in [6.45, 7) is 4.85. The maximum atomic E-state index is 12.8. The van der Waals surface area contributed by atoms with Crippen LogP contribution in [0, 0.1) is 11.3 Å². The van der Waals surface area contributed by atoms with E-state index in [0.717, 1.165) is 42.4 Å². The number of nitrogens with zero attached hydrogens (tertiary/aromatic N) is 4. The number of nitriles is 1. The van der Waals surface area contributed by atoms with Crippen LogP contribution in [-0.2, 0) is 6.42 Å². The van der Waals surface area contributed by atoms with Gasteiger partial charge in [-0.2, -0.15) is 10.2 Å². The van der Waals surface area contributed by atoms with E-state index >= 15 is 0 Å². The average molecular weight is 488 g/mol. The van der Waals surface area contributed by atoms with E-state index in [-0.39, 0.29) is 18.2 Å². The van der Waals surface area contributed by atoms with Gasteiger partial charge in [0.05, 0.1) is 23.8 Å². The second-order valence-electron chi connectivity index (χ2n) is 9.57. The van der Waals surface area contributed by atoms with Gasteiger partial charge in [-0.1, -0.05) is 23.4 Å². The number of ether oxygens (including phenoxy) is 1. The molecule has 2 amide bonds. The lowest BCUT2D eigenvalue weighted by Gasteiger charge is -2.31. The number of carbonyl (C=O) groups excluding carboxylic acids is 1. The number of hydrogen-bond acceptors (Lipinski definition) is 7. The fraction of sp³-hybridized carbons (Fsp3) is 0.407. The second-order valence-corrected chi connectivity index (χ2v) is 9.57. The number of amides is 2. The lowest BCUT2D eigenvalue weighted by Crippen LogP contribution is -2.47. The van der Waals surface area contributed by atoms with Gasteiger partial charge in [0, 0.05) is 24.2 Å². The first kappa shape index (κ1) is 23.8. The summed E-state index contributed by atoms with van der Waals surface area (Å²) in [5.41, 5.74) is 4.05. The number of nitrogens with one attached hydrogen (secondary N) is 1. The molecule has 0 radical (unpaired) electrons. The highest BCUT2D eigenvalue weighted by Crippen LogP contribution is 2.38. The Hall–Kier alpha value is -3.90. The number of urea groups is 1. The molecule has 5 rings (SSSR count). The molecule has 2 atom stereocenters. The van der Waals surface area contributed by atoms with Crippen molar-refractivity contribution >= 4 is 6.03 Å². The van der Waals surface area contributed by atoms with Crippen LogP contribution < -0.4 is 10.1 Å². The summed E-state index contributed by atoms with van der Waals surface area (Å²) < 4.78 is 11.3. The first-order chi connectivity index (χ1) is 17.4. The van der Waals surface area contributed by atoms with Crippen LogP contribution in [0.5, 0.6) is 5.75 Å². The van der Waals surface area contributed by atoms with E-state index < -0.39 is 6.10 Å². The number of rotatable bonds is 5. The molecule has 36 heavy (non-hydrogen) atoms. The molecule has 1 fully saturated rings. The molecule has 2 heterocycles.